The molecule has 3 rings (SSSR count). The highest BCUT2D eigenvalue weighted by molar-refractivity contribution is 5.88. The minimum Gasteiger partial charge on any atom is -0.466 e. The van der Waals surface area contributed by atoms with Crippen molar-refractivity contribution in [3.8, 4) is 0 Å². The van der Waals surface area contributed by atoms with Crippen molar-refractivity contribution in [2.45, 2.75) is 39.7 Å². The lowest BCUT2D eigenvalue weighted by atomic mass is 9.75. The molecule has 0 unspecified atom stereocenters. The summed E-state index contributed by atoms with van der Waals surface area (Å²) in [5.74, 6) is 2.41. The van der Waals surface area contributed by atoms with E-state index in [1.807, 2.05) is 25.1 Å². The van der Waals surface area contributed by atoms with Crippen LogP contribution in [0.3, 0.4) is 0 Å². The number of aromatic nitrogens is 1. The van der Waals surface area contributed by atoms with Gasteiger partial charge in [-0.3, -0.25) is 5.32 Å². The first-order valence-electron chi connectivity index (χ1n) is 7.51. The van der Waals surface area contributed by atoms with Crippen LogP contribution in [0.15, 0.2) is 34.9 Å². The Morgan fingerprint density at radius 3 is 2.95 bits per heavy atom. The van der Waals surface area contributed by atoms with Gasteiger partial charge >= 0.3 is 6.03 Å². The lowest BCUT2D eigenvalue weighted by Crippen LogP contribution is -2.38. The number of rotatable bonds is 2. The average molecular weight is 299 g/mol. The number of fused-ring (bicyclic) bond motifs is 1. The van der Waals surface area contributed by atoms with Gasteiger partial charge < -0.3 is 9.73 Å². The van der Waals surface area contributed by atoms with Crippen LogP contribution in [0.2, 0.25) is 0 Å². The third kappa shape index (κ3) is 3.13. The summed E-state index contributed by atoms with van der Waals surface area (Å²) in [4.78, 5) is 16.3. The molecule has 5 nitrogen and oxygen atoms in total. The van der Waals surface area contributed by atoms with Crippen molar-refractivity contribution in [1.82, 2.24) is 10.3 Å². The Labute approximate surface area is 130 Å². The summed E-state index contributed by atoms with van der Waals surface area (Å²) in [7, 11) is 0. The molecule has 1 aliphatic carbocycles. The Morgan fingerprint density at radius 2 is 2.23 bits per heavy atom. The van der Waals surface area contributed by atoms with E-state index in [4.69, 9.17) is 4.42 Å². The normalized spacial score (nSPS) is 19.3. The van der Waals surface area contributed by atoms with Crippen LogP contribution in [0, 0.1) is 12.3 Å². The van der Waals surface area contributed by atoms with Gasteiger partial charge in [-0.15, -0.1) is 0 Å². The third-order valence-electron chi connectivity index (χ3n) is 3.95. The molecule has 0 bridgehead atoms. The number of carbonyl (C=O) groups excluding carboxylic acids is 1. The van der Waals surface area contributed by atoms with Crippen molar-refractivity contribution < 1.29 is 9.21 Å². The van der Waals surface area contributed by atoms with E-state index in [-0.39, 0.29) is 17.5 Å². The van der Waals surface area contributed by atoms with E-state index in [0.29, 0.717) is 5.82 Å². The molecule has 2 aromatic heterocycles. The third-order valence-corrected chi connectivity index (χ3v) is 3.95. The Kier molecular flexibility index (Phi) is 3.64. The summed E-state index contributed by atoms with van der Waals surface area (Å²) in [5.41, 5.74) is 1.19. The predicted molar refractivity (Wildman–Crippen MR) is 84.7 cm³/mol. The number of pyridine rings is 1. The first-order valence-corrected chi connectivity index (χ1v) is 7.51. The summed E-state index contributed by atoms with van der Waals surface area (Å²) in [6.07, 6.45) is 3.43. The molecule has 0 spiro atoms. The number of anilines is 1. The van der Waals surface area contributed by atoms with Crippen LogP contribution < -0.4 is 10.6 Å². The molecule has 0 saturated heterocycles. The molecule has 1 atom stereocenters. The fourth-order valence-corrected chi connectivity index (χ4v) is 3.06. The summed E-state index contributed by atoms with van der Waals surface area (Å²) in [6.45, 7) is 6.33. The van der Waals surface area contributed by atoms with Gasteiger partial charge in [0.15, 0.2) is 0 Å². The zero-order chi connectivity index (χ0) is 15.7. The molecule has 22 heavy (non-hydrogen) atoms. The molecular weight excluding hydrogens is 278 g/mol. The maximum atomic E-state index is 12.2. The topological polar surface area (TPSA) is 67.2 Å². The predicted octanol–water partition coefficient (Wildman–Crippen LogP) is 3.82. The monoisotopic (exact) mass is 299 g/mol. The van der Waals surface area contributed by atoms with Gasteiger partial charge in [-0.25, -0.2) is 9.78 Å². The Balaban J connectivity index is 1.75. The SMILES string of the molecule is Cc1cc2c(o1)CC(C)(C)C[C@@H]2NC(=O)Nc1ccccn1. The molecule has 2 N–H and O–H groups in total. The highest BCUT2D eigenvalue weighted by Crippen LogP contribution is 2.41. The van der Waals surface area contributed by atoms with E-state index in [0.717, 1.165) is 29.9 Å². The summed E-state index contributed by atoms with van der Waals surface area (Å²) >= 11 is 0. The van der Waals surface area contributed by atoms with Crippen LogP contribution in [0.25, 0.3) is 0 Å². The van der Waals surface area contributed by atoms with Crippen molar-refractivity contribution in [1.29, 1.82) is 0 Å². The number of aryl methyl sites for hydroxylation is 1. The number of nitrogens with one attached hydrogen (secondary N) is 2. The van der Waals surface area contributed by atoms with Gasteiger partial charge in [0.05, 0.1) is 6.04 Å². The highest BCUT2D eigenvalue weighted by atomic mass is 16.3. The van der Waals surface area contributed by atoms with Gasteiger partial charge in [-0.05, 0) is 37.0 Å². The number of nitrogens with zero attached hydrogens (tertiary/aromatic N) is 1. The number of furan rings is 1. The Hall–Kier alpha value is -2.30. The van der Waals surface area contributed by atoms with Crippen LogP contribution in [0.4, 0.5) is 10.6 Å². The molecule has 116 valence electrons. The van der Waals surface area contributed by atoms with Crippen LogP contribution >= 0.6 is 0 Å². The molecule has 0 aromatic carbocycles. The maximum Gasteiger partial charge on any atom is 0.320 e. The molecule has 0 aliphatic heterocycles. The average Bonchev–Trinajstić information content (AvgIpc) is 2.78. The van der Waals surface area contributed by atoms with Crippen molar-refractivity contribution in [2.75, 3.05) is 5.32 Å². The quantitative estimate of drug-likeness (QED) is 0.886. The molecule has 1 aliphatic rings. The van der Waals surface area contributed by atoms with Gasteiger partial charge in [0, 0.05) is 18.2 Å². The van der Waals surface area contributed by atoms with E-state index in [2.05, 4.69) is 29.5 Å². The van der Waals surface area contributed by atoms with E-state index < -0.39 is 0 Å². The van der Waals surface area contributed by atoms with Crippen LogP contribution in [0.5, 0.6) is 0 Å². The standard InChI is InChI=1S/C17H21N3O2/c1-11-8-12-13(9-17(2,3)10-14(12)22-11)19-16(21)20-15-6-4-5-7-18-15/h4-8,13H,9-10H2,1-3H3,(H2,18,19,20,21)/t13-/m0/s1. The second kappa shape index (κ2) is 5.48. The number of hydrogen-bond acceptors (Lipinski definition) is 3. The second-order valence-electron chi connectivity index (χ2n) is 6.65. The largest absolute Gasteiger partial charge is 0.466 e. The Morgan fingerprint density at radius 1 is 1.41 bits per heavy atom. The minimum absolute atomic E-state index is 0.0417. The van der Waals surface area contributed by atoms with Crippen molar-refractivity contribution >= 4 is 11.8 Å². The summed E-state index contributed by atoms with van der Waals surface area (Å²) < 4.78 is 5.79. The van der Waals surface area contributed by atoms with E-state index in [1.165, 1.54) is 0 Å². The second-order valence-corrected chi connectivity index (χ2v) is 6.65. The van der Waals surface area contributed by atoms with Gasteiger partial charge in [-0.1, -0.05) is 19.9 Å². The highest BCUT2D eigenvalue weighted by Gasteiger charge is 2.35. The van der Waals surface area contributed by atoms with Crippen molar-refractivity contribution in [3.05, 3.63) is 47.5 Å². The van der Waals surface area contributed by atoms with E-state index in [1.54, 1.807) is 12.3 Å². The first kappa shape index (κ1) is 14.6. The van der Waals surface area contributed by atoms with Gasteiger partial charge in [-0.2, -0.15) is 0 Å². The van der Waals surface area contributed by atoms with Gasteiger partial charge in [0.1, 0.15) is 17.3 Å². The minimum atomic E-state index is -0.244. The zero-order valence-corrected chi connectivity index (χ0v) is 13.1. The zero-order valence-electron chi connectivity index (χ0n) is 13.1. The first-order chi connectivity index (χ1) is 10.4. The van der Waals surface area contributed by atoms with Crippen molar-refractivity contribution in [3.63, 3.8) is 0 Å². The molecule has 2 amide bonds. The van der Waals surface area contributed by atoms with Gasteiger partial charge in [0.25, 0.3) is 0 Å². The Bertz CT molecular complexity index is 676. The smallest absolute Gasteiger partial charge is 0.320 e. The number of hydrogen-bond donors (Lipinski definition) is 2. The van der Waals surface area contributed by atoms with Crippen LogP contribution in [-0.4, -0.2) is 11.0 Å². The molecule has 5 heteroatoms. The molecule has 0 fully saturated rings. The fraction of sp³-hybridized carbons (Fsp3) is 0.412. The maximum absolute atomic E-state index is 12.2. The van der Waals surface area contributed by atoms with Crippen LogP contribution in [0.1, 0.15) is 43.4 Å². The lowest BCUT2D eigenvalue weighted by Gasteiger charge is -2.34. The number of urea groups is 1. The van der Waals surface area contributed by atoms with Crippen molar-refractivity contribution in [2.24, 2.45) is 5.41 Å². The van der Waals surface area contributed by atoms with E-state index >= 15 is 0 Å². The van der Waals surface area contributed by atoms with Crippen LogP contribution in [-0.2, 0) is 6.42 Å². The number of carbonyl (C=O) groups is 1. The molecule has 0 saturated carbocycles. The fourth-order valence-electron chi connectivity index (χ4n) is 3.06. The van der Waals surface area contributed by atoms with E-state index in [9.17, 15) is 4.79 Å². The molecular formula is C17H21N3O2. The summed E-state index contributed by atoms with van der Waals surface area (Å²) in [5, 5.41) is 5.80. The lowest BCUT2D eigenvalue weighted by molar-refractivity contribution is 0.222. The molecule has 2 aromatic rings. The summed E-state index contributed by atoms with van der Waals surface area (Å²) in [6, 6.07) is 7.15. The molecule has 2 heterocycles. The molecule has 0 radical (unpaired) electrons. The van der Waals surface area contributed by atoms with Gasteiger partial charge in [0.2, 0.25) is 0 Å². The number of amides is 2.